The second kappa shape index (κ2) is 9.07. The van der Waals surface area contributed by atoms with E-state index in [1.807, 2.05) is 36.9 Å². The van der Waals surface area contributed by atoms with Gasteiger partial charge in [-0.05, 0) is 38.1 Å². The normalized spacial score (nSPS) is 13.0. The van der Waals surface area contributed by atoms with Gasteiger partial charge in [0.2, 0.25) is 5.91 Å². The van der Waals surface area contributed by atoms with Gasteiger partial charge in [0, 0.05) is 31.3 Å². The molecule has 0 saturated heterocycles. The van der Waals surface area contributed by atoms with E-state index in [1.54, 1.807) is 24.3 Å². The Morgan fingerprint density at radius 2 is 1.84 bits per heavy atom. The minimum Gasteiger partial charge on any atom is -0.490 e. The number of hydrogen-bond acceptors (Lipinski definition) is 6. The standard InChI is InChI=1S/C23H26N4O4/c1-3-26(4-2)22-23(29)27(18-9-6-5-8-17(18)25-22)15-21(28)24-16-10-11-19-20(14-16)31-13-7-12-30-19/h5-6,8-11,14H,3-4,7,12-13,15H2,1-2H3,(H,24,28). The molecule has 0 spiro atoms. The van der Waals surface area contributed by atoms with Crippen LogP contribution in [0.25, 0.3) is 11.0 Å². The average molecular weight is 422 g/mol. The number of carbonyl (C=O) groups is 1. The number of anilines is 2. The van der Waals surface area contributed by atoms with Gasteiger partial charge >= 0.3 is 0 Å². The van der Waals surface area contributed by atoms with Crippen LogP contribution in [-0.4, -0.2) is 41.8 Å². The Balaban J connectivity index is 1.63. The number of carbonyl (C=O) groups excluding carboxylic acids is 1. The second-order valence-electron chi connectivity index (χ2n) is 7.25. The van der Waals surface area contributed by atoms with Gasteiger partial charge < -0.3 is 19.7 Å². The van der Waals surface area contributed by atoms with Gasteiger partial charge in [0.15, 0.2) is 17.3 Å². The molecule has 2 aromatic carbocycles. The number of ether oxygens (including phenoxy) is 2. The molecule has 8 nitrogen and oxygen atoms in total. The van der Waals surface area contributed by atoms with Gasteiger partial charge in [-0.2, -0.15) is 0 Å². The number of benzene rings is 2. The summed E-state index contributed by atoms with van der Waals surface area (Å²) in [5.74, 6) is 1.31. The fraction of sp³-hybridized carbons (Fsp3) is 0.348. The number of nitrogens with zero attached hydrogens (tertiary/aromatic N) is 3. The highest BCUT2D eigenvalue weighted by molar-refractivity contribution is 5.92. The van der Waals surface area contributed by atoms with E-state index >= 15 is 0 Å². The second-order valence-corrected chi connectivity index (χ2v) is 7.25. The molecule has 1 aromatic heterocycles. The molecule has 8 heteroatoms. The lowest BCUT2D eigenvalue weighted by molar-refractivity contribution is -0.116. The molecule has 31 heavy (non-hydrogen) atoms. The molecule has 1 aliphatic heterocycles. The molecule has 3 aromatic rings. The van der Waals surface area contributed by atoms with E-state index in [9.17, 15) is 9.59 Å². The van der Waals surface area contributed by atoms with Crippen LogP contribution in [0.15, 0.2) is 47.3 Å². The van der Waals surface area contributed by atoms with Crippen LogP contribution in [0.2, 0.25) is 0 Å². The highest BCUT2D eigenvalue weighted by atomic mass is 16.5. The van der Waals surface area contributed by atoms with Crippen molar-refractivity contribution < 1.29 is 14.3 Å². The summed E-state index contributed by atoms with van der Waals surface area (Å²) in [6.45, 7) is 6.30. The Kier molecular flexibility index (Phi) is 6.06. The van der Waals surface area contributed by atoms with E-state index in [0.29, 0.717) is 60.3 Å². The zero-order valence-electron chi connectivity index (χ0n) is 17.8. The summed E-state index contributed by atoms with van der Waals surface area (Å²) in [6.07, 6.45) is 0.809. The first-order valence-electron chi connectivity index (χ1n) is 10.5. The van der Waals surface area contributed by atoms with Crippen LogP contribution in [-0.2, 0) is 11.3 Å². The van der Waals surface area contributed by atoms with E-state index in [2.05, 4.69) is 10.3 Å². The zero-order valence-corrected chi connectivity index (χ0v) is 17.8. The van der Waals surface area contributed by atoms with Crippen molar-refractivity contribution >= 4 is 28.4 Å². The van der Waals surface area contributed by atoms with Gasteiger partial charge in [-0.1, -0.05) is 12.1 Å². The van der Waals surface area contributed by atoms with Crippen molar-refractivity contribution in [3.05, 3.63) is 52.8 Å². The van der Waals surface area contributed by atoms with Gasteiger partial charge in [0.05, 0.1) is 24.2 Å². The van der Waals surface area contributed by atoms with Crippen LogP contribution < -0.4 is 25.2 Å². The quantitative estimate of drug-likeness (QED) is 0.657. The Morgan fingerprint density at radius 1 is 1.10 bits per heavy atom. The van der Waals surface area contributed by atoms with Crippen LogP contribution >= 0.6 is 0 Å². The monoisotopic (exact) mass is 422 g/mol. The van der Waals surface area contributed by atoms with Crippen molar-refractivity contribution in [2.24, 2.45) is 0 Å². The number of aromatic nitrogens is 2. The van der Waals surface area contributed by atoms with E-state index in [1.165, 1.54) is 4.57 Å². The summed E-state index contributed by atoms with van der Waals surface area (Å²) >= 11 is 0. The van der Waals surface area contributed by atoms with E-state index in [4.69, 9.17) is 9.47 Å². The lowest BCUT2D eigenvalue weighted by Gasteiger charge is -2.21. The maximum atomic E-state index is 13.2. The Labute approximate surface area is 180 Å². The molecule has 0 atom stereocenters. The SMILES string of the molecule is CCN(CC)c1nc2ccccc2n(CC(=O)Nc2ccc3c(c2)OCCCO3)c1=O. The van der Waals surface area contributed by atoms with Crippen LogP contribution in [0.5, 0.6) is 11.5 Å². The number of nitrogens with one attached hydrogen (secondary N) is 1. The van der Waals surface area contributed by atoms with E-state index in [-0.39, 0.29) is 18.0 Å². The summed E-state index contributed by atoms with van der Waals surface area (Å²) in [5.41, 5.74) is 1.60. The van der Waals surface area contributed by atoms with Crippen molar-refractivity contribution in [2.45, 2.75) is 26.8 Å². The lowest BCUT2D eigenvalue weighted by atomic mass is 10.2. The molecule has 1 N–H and O–H groups in total. The first-order chi connectivity index (χ1) is 15.1. The molecule has 1 amide bonds. The van der Waals surface area contributed by atoms with E-state index < -0.39 is 0 Å². The Bertz CT molecular complexity index is 1150. The van der Waals surface area contributed by atoms with Gasteiger partial charge in [-0.25, -0.2) is 4.98 Å². The summed E-state index contributed by atoms with van der Waals surface area (Å²) in [4.78, 5) is 32.5. The molecule has 1 aliphatic rings. The zero-order chi connectivity index (χ0) is 21.8. The van der Waals surface area contributed by atoms with Crippen molar-refractivity contribution in [3.8, 4) is 11.5 Å². The smallest absolute Gasteiger partial charge is 0.294 e. The molecule has 162 valence electrons. The summed E-state index contributed by atoms with van der Waals surface area (Å²) in [5, 5.41) is 2.86. The minimum atomic E-state index is -0.307. The molecule has 0 aliphatic carbocycles. The number of amides is 1. The molecule has 0 radical (unpaired) electrons. The molecule has 0 bridgehead atoms. The maximum Gasteiger partial charge on any atom is 0.294 e. The lowest BCUT2D eigenvalue weighted by Crippen LogP contribution is -2.35. The number of rotatable bonds is 6. The first kappa shape index (κ1) is 20.7. The largest absolute Gasteiger partial charge is 0.490 e. The van der Waals surface area contributed by atoms with E-state index in [0.717, 1.165) is 6.42 Å². The van der Waals surface area contributed by atoms with Crippen molar-refractivity contribution in [3.63, 3.8) is 0 Å². The van der Waals surface area contributed by atoms with Crippen molar-refractivity contribution in [2.75, 3.05) is 36.5 Å². The highest BCUT2D eigenvalue weighted by Gasteiger charge is 2.18. The number of fused-ring (bicyclic) bond motifs is 2. The summed E-state index contributed by atoms with van der Waals surface area (Å²) in [7, 11) is 0. The summed E-state index contributed by atoms with van der Waals surface area (Å²) in [6, 6.07) is 12.6. The topological polar surface area (TPSA) is 85.7 Å². The van der Waals surface area contributed by atoms with Gasteiger partial charge in [0.1, 0.15) is 6.54 Å². The minimum absolute atomic E-state index is 0.120. The third kappa shape index (κ3) is 4.33. The Hall–Kier alpha value is -3.55. The van der Waals surface area contributed by atoms with Gasteiger partial charge in [-0.3, -0.25) is 14.2 Å². The van der Waals surface area contributed by atoms with Crippen LogP contribution in [0.1, 0.15) is 20.3 Å². The van der Waals surface area contributed by atoms with Crippen LogP contribution in [0, 0.1) is 0 Å². The molecule has 0 saturated carbocycles. The average Bonchev–Trinajstić information content (AvgIpc) is 3.02. The molecule has 2 heterocycles. The highest BCUT2D eigenvalue weighted by Crippen LogP contribution is 2.32. The molecular formula is C23H26N4O4. The number of para-hydroxylation sites is 2. The predicted molar refractivity (Wildman–Crippen MR) is 120 cm³/mol. The van der Waals surface area contributed by atoms with Crippen LogP contribution in [0.4, 0.5) is 11.5 Å². The third-order valence-corrected chi connectivity index (χ3v) is 5.23. The first-order valence-corrected chi connectivity index (χ1v) is 10.5. The predicted octanol–water partition coefficient (Wildman–Crippen LogP) is 3.04. The fourth-order valence-corrected chi connectivity index (χ4v) is 3.65. The van der Waals surface area contributed by atoms with Gasteiger partial charge in [0.25, 0.3) is 5.56 Å². The van der Waals surface area contributed by atoms with Crippen molar-refractivity contribution in [1.29, 1.82) is 0 Å². The van der Waals surface area contributed by atoms with Crippen molar-refractivity contribution in [1.82, 2.24) is 9.55 Å². The Morgan fingerprint density at radius 3 is 2.61 bits per heavy atom. The maximum absolute atomic E-state index is 13.2. The fourth-order valence-electron chi connectivity index (χ4n) is 3.65. The third-order valence-electron chi connectivity index (χ3n) is 5.23. The molecule has 0 unspecified atom stereocenters. The molecule has 4 rings (SSSR count). The van der Waals surface area contributed by atoms with Gasteiger partial charge in [-0.15, -0.1) is 0 Å². The van der Waals surface area contributed by atoms with Crippen LogP contribution in [0.3, 0.4) is 0 Å². The molecular weight excluding hydrogens is 396 g/mol. The molecule has 0 fully saturated rings. The number of hydrogen-bond donors (Lipinski definition) is 1. The summed E-state index contributed by atoms with van der Waals surface area (Å²) < 4.78 is 12.8.